The zero-order valence-corrected chi connectivity index (χ0v) is 17.2. The first kappa shape index (κ1) is 20.3. The summed E-state index contributed by atoms with van der Waals surface area (Å²) in [5, 5.41) is 0.433. The predicted molar refractivity (Wildman–Crippen MR) is 112 cm³/mol. The Morgan fingerprint density at radius 3 is 2.43 bits per heavy atom. The average molecular weight is 418 g/mol. The molecule has 0 saturated carbocycles. The van der Waals surface area contributed by atoms with Crippen LogP contribution in [0.4, 0.5) is 4.79 Å². The van der Waals surface area contributed by atoms with Crippen LogP contribution in [0.15, 0.2) is 47.4 Å². The van der Waals surface area contributed by atoms with E-state index in [1.807, 2.05) is 37.3 Å². The van der Waals surface area contributed by atoms with Gasteiger partial charge in [-0.05, 0) is 67.1 Å². The Balaban J connectivity index is 1.79. The molecule has 2 aromatic carbocycles. The van der Waals surface area contributed by atoms with Gasteiger partial charge in [-0.3, -0.25) is 14.5 Å². The van der Waals surface area contributed by atoms with Gasteiger partial charge in [0.15, 0.2) is 11.5 Å². The Morgan fingerprint density at radius 1 is 1.04 bits per heavy atom. The van der Waals surface area contributed by atoms with Gasteiger partial charge in [-0.15, -0.1) is 0 Å². The first-order valence-electron chi connectivity index (χ1n) is 8.91. The maximum absolute atomic E-state index is 12.3. The fraction of sp³-hybridized carbons (Fsp3) is 0.238. The number of halogens is 1. The average Bonchev–Trinajstić information content (AvgIpc) is 2.95. The summed E-state index contributed by atoms with van der Waals surface area (Å²) in [4.78, 5) is 25.8. The van der Waals surface area contributed by atoms with Gasteiger partial charge >= 0.3 is 0 Å². The summed E-state index contributed by atoms with van der Waals surface area (Å²) in [6.45, 7) is 4.89. The van der Waals surface area contributed by atoms with Crippen LogP contribution in [0.1, 0.15) is 25.0 Å². The van der Waals surface area contributed by atoms with Crippen molar-refractivity contribution in [2.75, 3.05) is 13.2 Å². The molecule has 7 heteroatoms. The lowest BCUT2D eigenvalue weighted by Gasteiger charge is -2.13. The van der Waals surface area contributed by atoms with E-state index in [2.05, 4.69) is 0 Å². The van der Waals surface area contributed by atoms with Crippen molar-refractivity contribution in [1.82, 2.24) is 4.90 Å². The number of benzene rings is 2. The first-order valence-corrected chi connectivity index (χ1v) is 10.1. The van der Waals surface area contributed by atoms with Gasteiger partial charge in [0.25, 0.3) is 11.1 Å². The Hall–Kier alpha value is -2.44. The maximum Gasteiger partial charge on any atom is 0.293 e. The number of carbonyl (C=O) groups is 2. The SMILES string of the molecule is CCOc1cc(C=C2SC(=O)N(CC)C2=O)ccc1OCc1ccc(Cl)cc1. The van der Waals surface area contributed by atoms with Gasteiger partial charge in [-0.1, -0.05) is 29.8 Å². The molecule has 1 heterocycles. The Kier molecular flexibility index (Phi) is 6.65. The Bertz CT molecular complexity index is 911. The van der Waals surface area contributed by atoms with E-state index in [4.69, 9.17) is 21.1 Å². The number of nitrogens with zero attached hydrogens (tertiary/aromatic N) is 1. The van der Waals surface area contributed by atoms with Crippen LogP contribution in [0.5, 0.6) is 11.5 Å². The molecule has 0 atom stereocenters. The topological polar surface area (TPSA) is 55.8 Å². The van der Waals surface area contributed by atoms with Crippen molar-refractivity contribution in [2.24, 2.45) is 0 Å². The number of hydrogen-bond donors (Lipinski definition) is 0. The van der Waals surface area contributed by atoms with Gasteiger partial charge in [-0.2, -0.15) is 0 Å². The summed E-state index contributed by atoms with van der Waals surface area (Å²) in [6, 6.07) is 12.9. The molecule has 1 saturated heterocycles. The van der Waals surface area contributed by atoms with Crippen molar-refractivity contribution in [1.29, 1.82) is 0 Å². The van der Waals surface area contributed by atoms with Gasteiger partial charge in [0.05, 0.1) is 11.5 Å². The first-order chi connectivity index (χ1) is 13.5. The second-order valence-corrected chi connectivity index (χ2v) is 7.41. The van der Waals surface area contributed by atoms with Gasteiger partial charge < -0.3 is 9.47 Å². The normalized spacial score (nSPS) is 15.4. The number of ether oxygens (including phenoxy) is 2. The van der Waals surface area contributed by atoms with Crippen molar-refractivity contribution in [3.05, 3.63) is 63.5 Å². The predicted octanol–water partition coefficient (Wildman–Crippen LogP) is 5.37. The van der Waals surface area contributed by atoms with Crippen molar-refractivity contribution < 1.29 is 19.1 Å². The zero-order chi connectivity index (χ0) is 20.1. The molecule has 0 aliphatic carbocycles. The number of carbonyl (C=O) groups excluding carboxylic acids is 2. The van der Waals surface area contributed by atoms with E-state index < -0.39 is 0 Å². The number of likely N-dealkylation sites (N-methyl/N-ethyl adjacent to an activating group) is 1. The summed E-state index contributed by atoms with van der Waals surface area (Å²) in [5.74, 6) is 0.925. The molecule has 0 N–H and O–H groups in total. The van der Waals surface area contributed by atoms with Crippen LogP contribution < -0.4 is 9.47 Å². The summed E-state index contributed by atoms with van der Waals surface area (Å²) < 4.78 is 11.6. The number of thioether (sulfide) groups is 1. The third kappa shape index (κ3) is 4.69. The molecule has 0 aromatic heterocycles. The minimum Gasteiger partial charge on any atom is -0.490 e. The molecule has 28 heavy (non-hydrogen) atoms. The van der Waals surface area contributed by atoms with Crippen LogP contribution in [0.25, 0.3) is 6.08 Å². The van der Waals surface area contributed by atoms with Crippen LogP contribution in [-0.4, -0.2) is 29.2 Å². The summed E-state index contributed by atoms with van der Waals surface area (Å²) in [7, 11) is 0. The minimum absolute atomic E-state index is 0.244. The van der Waals surface area contributed by atoms with Crippen LogP contribution in [0.3, 0.4) is 0 Å². The minimum atomic E-state index is -0.265. The largest absolute Gasteiger partial charge is 0.490 e. The van der Waals surface area contributed by atoms with E-state index in [0.717, 1.165) is 22.9 Å². The molecule has 3 rings (SSSR count). The maximum atomic E-state index is 12.3. The fourth-order valence-corrected chi connectivity index (χ4v) is 3.70. The monoisotopic (exact) mass is 417 g/mol. The molecule has 1 aliphatic heterocycles. The van der Waals surface area contributed by atoms with Crippen molar-refractivity contribution >= 4 is 40.6 Å². The third-order valence-corrected chi connectivity index (χ3v) is 5.22. The van der Waals surface area contributed by atoms with E-state index in [-0.39, 0.29) is 11.1 Å². The highest BCUT2D eigenvalue weighted by molar-refractivity contribution is 8.18. The van der Waals surface area contributed by atoms with Crippen LogP contribution >= 0.6 is 23.4 Å². The molecular weight excluding hydrogens is 398 g/mol. The van der Waals surface area contributed by atoms with Gasteiger partial charge in [-0.25, -0.2) is 0 Å². The summed E-state index contributed by atoms with van der Waals surface area (Å²) in [5.41, 5.74) is 1.76. The van der Waals surface area contributed by atoms with E-state index >= 15 is 0 Å². The summed E-state index contributed by atoms with van der Waals surface area (Å²) in [6.07, 6.45) is 1.70. The lowest BCUT2D eigenvalue weighted by atomic mass is 10.1. The van der Waals surface area contributed by atoms with Crippen LogP contribution in [-0.2, 0) is 11.4 Å². The second kappa shape index (κ2) is 9.17. The smallest absolute Gasteiger partial charge is 0.293 e. The van der Waals surface area contributed by atoms with E-state index in [1.54, 1.807) is 25.1 Å². The van der Waals surface area contributed by atoms with Crippen molar-refractivity contribution in [2.45, 2.75) is 20.5 Å². The molecule has 146 valence electrons. The molecule has 0 unspecified atom stereocenters. The fourth-order valence-electron chi connectivity index (χ4n) is 2.67. The van der Waals surface area contributed by atoms with Gasteiger partial charge in [0.2, 0.25) is 0 Å². The molecule has 2 amide bonds. The van der Waals surface area contributed by atoms with Gasteiger partial charge in [0, 0.05) is 11.6 Å². The van der Waals surface area contributed by atoms with Gasteiger partial charge in [0.1, 0.15) is 6.61 Å². The molecule has 1 aliphatic rings. The van der Waals surface area contributed by atoms with Crippen LogP contribution in [0, 0.1) is 0 Å². The van der Waals surface area contributed by atoms with E-state index in [1.165, 1.54) is 4.90 Å². The lowest BCUT2D eigenvalue weighted by Crippen LogP contribution is -2.27. The van der Waals surface area contributed by atoms with E-state index in [0.29, 0.717) is 41.2 Å². The van der Waals surface area contributed by atoms with E-state index in [9.17, 15) is 9.59 Å². The highest BCUT2D eigenvalue weighted by Crippen LogP contribution is 2.34. The van der Waals surface area contributed by atoms with Crippen molar-refractivity contribution in [3.8, 4) is 11.5 Å². The quantitative estimate of drug-likeness (QED) is 0.566. The molecule has 2 aromatic rings. The van der Waals surface area contributed by atoms with Crippen molar-refractivity contribution in [3.63, 3.8) is 0 Å². The zero-order valence-electron chi connectivity index (χ0n) is 15.6. The Labute approximate surface area is 173 Å². The molecule has 0 radical (unpaired) electrons. The molecule has 0 spiro atoms. The summed E-state index contributed by atoms with van der Waals surface area (Å²) >= 11 is 6.85. The lowest BCUT2D eigenvalue weighted by molar-refractivity contribution is -0.122. The highest BCUT2D eigenvalue weighted by Gasteiger charge is 2.33. The molecule has 1 fully saturated rings. The molecule has 5 nitrogen and oxygen atoms in total. The number of hydrogen-bond acceptors (Lipinski definition) is 5. The highest BCUT2D eigenvalue weighted by atomic mass is 35.5. The number of amides is 2. The second-order valence-electron chi connectivity index (χ2n) is 5.98. The Morgan fingerprint density at radius 2 is 1.79 bits per heavy atom. The van der Waals surface area contributed by atoms with Crippen LogP contribution in [0.2, 0.25) is 5.02 Å². The number of rotatable bonds is 7. The molecular formula is C21H20ClNO4S. The number of imide groups is 1. The third-order valence-electron chi connectivity index (χ3n) is 4.06. The standard InChI is InChI=1S/C21H20ClNO4S/c1-3-23-20(24)19(28-21(23)25)12-15-7-10-17(18(11-15)26-4-2)27-13-14-5-8-16(22)9-6-14/h5-12H,3-4,13H2,1-2H3. The molecule has 0 bridgehead atoms.